The van der Waals surface area contributed by atoms with Crippen LogP contribution in [0.15, 0.2) is 82.7 Å². The predicted molar refractivity (Wildman–Crippen MR) is 149 cm³/mol. The number of ketones is 1. The molecule has 1 aliphatic rings. The molecule has 1 aromatic heterocycles. The third-order valence-electron chi connectivity index (χ3n) is 6.19. The number of carbonyl (C=O) groups excluding carboxylic acids is 2. The van der Waals surface area contributed by atoms with Crippen LogP contribution in [0.5, 0.6) is 5.75 Å². The average Bonchev–Trinajstić information content (AvgIpc) is 3.51. The summed E-state index contributed by atoms with van der Waals surface area (Å²) in [5.74, 6) is -1.25. The number of aliphatic hydroxyl groups is 1. The number of halogens is 1. The van der Waals surface area contributed by atoms with Gasteiger partial charge in [0.15, 0.2) is 4.34 Å². The lowest BCUT2D eigenvalue weighted by Gasteiger charge is -2.22. The van der Waals surface area contributed by atoms with Crippen LogP contribution in [0.3, 0.4) is 0 Å². The van der Waals surface area contributed by atoms with Crippen molar-refractivity contribution in [2.24, 2.45) is 0 Å². The Morgan fingerprint density at radius 3 is 2.46 bits per heavy atom. The van der Waals surface area contributed by atoms with E-state index < -0.39 is 17.7 Å². The van der Waals surface area contributed by atoms with E-state index in [0.29, 0.717) is 39.1 Å². The van der Waals surface area contributed by atoms with Crippen LogP contribution in [0.4, 0.5) is 9.52 Å². The number of Topliss-reactive ketones (excluding diaryl/α,β-unsaturated/α-hetero) is 1. The van der Waals surface area contributed by atoms with E-state index in [1.807, 2.05) is 26.0 Å². The van der Waals surface area contributed by atoms with Gasteiger partial charge in [-0.2, -0.15) is 0 Å². The zero-order chi connectivity index (χ0) is 27.5. The number of hydrogen-bond acceptors (Lipinski definition) is 8. The molecule has 1 saturated heterocycles. The molecule has 198 valence electrons. The minimum atomic E-state index is -0.931. The van der Waals surface area contributed by atoms with Gasteiger partial charge in [0.05, 0.1) is 18.2 Å². The van der Waals surface area contributed by atoms with Gasteiger partial charge in [0.25, 0.3) is 5.78 Å². The van der Waals surface area contributed by atoms with Gasteiger partial charge in [-0.25, -0.2) is 4.39 Å². The third kappa shape index (κ3) is 5.43. The fourth-order valence-corrected chi connectivity index (χ4v) is 6.09. The lowest BCUT2D eigenvalue weighted by atomic mass is 9.95. The lowest BCUT2D eigenvalue weighted by molar-refractivity contribution is -0.132. The number of nitrogens with zero attached hydrogens (tertiary/aromatic N) is 3. The van der Waals surface area contributed by atoms with Gasteiger partial charge in [0.1, 0.15) is 17.3 Å². The molecule has 4 aromatic rings. The maximum absolute atomic E-state index is 14.1. The average molecular weight is 562 g/mol. The van der Waals surface area contributed by atoms with Crippen molar-refractivity contribution >= 4 is 45.7 Å². The van der Waals surface area contributed by atoms with E-state index in [9.17, 15) is 19.1 Å². The summed E-state index contributed by atoms with van der Waals surface area (Å²) in [6, 6.07) is 19.6. The number of aryl methyl sites for hydroxylation is 1. The van der Waals surface area contributed by atoms with Crippen LogP contribution < -0.4 is 9.64 Å². The SMILES string of the molecule is CCOc1ccc(C2/C(=C(/O)c3ccc(C)cc3)C(=O)C(=O)N2c2nnc(SCc3ccccc3F)s2)cc1. The number of hydrogen-bond donors (Lipinski definition) is 1. The van der Waals surface area contributed by atoms with Crippen LogP contribution in [0.1, 0.15) is 35.2 Å². The molecule has 0 bridgehead atoms. The van der Waals surface area contributed by atoms with Gasteiger partial charge in [-0.05, 0) is 43.2 Å². The van der Waals surface area contributed by atoms with Crippen molar-refractivity contribution < 1.29 is 23.8 Å². The van der Waals surface area contributed by atoms with Crippen molar-refractivity contribution in [3.05, 3.63) is 106 Å². The van der Waals surface area contributed by atoms with Crippen LogP contribution >= 0.6 is 23.1 Å². The minimum Gasteiger partial charge on any atom is -0.507 e. The molecule has 2 heterocycles. The van der Waals surface area contributed by atoms with Crippen LogP contribution in [-0.4, -0.2) is 33.6 Å². The van der Waals surface area contributed by atoms with Crippen molar-refractivity contribution in [3.63, 3.8) is 0 Å². The number of carbonyl (C=O) groups is 2. The van der Waals surface area contributed by atoms with Crippen molar-refractivity contribution in [2.75, 3.05) is 11.5 Å². The summed E-state index contributed by atoms with van der Waals surface area (Å²) in [7, 11) is 0. The fourth-order valence-electron chi connectivity index (χ4n) is 4.24. The highest BCUT2D eigenvalue weighted by Gasteiger charge is 2.48. The molecular formula is C29H24FN3O4S2. The molecule has 1 unspecified atom stereocenters. The largest absolute Gasteiger partial charge is 0.507 e. The first-order valence-corrected chi connectivity index (χ1v) is 14.0. The quantitative estimate of drug-likeness (QED) is 0.0887. The first-order valence-electron chi connectivity index (χ1n) is 12.2. The van der Waals surface area contributed by atoms with E-state index in [0.717, 1.165) is 16.9 Å². The van der Waals surface area contributed by atoms with Gasteiger partial charge >= 0.3 is 5.91 Å². The molecule has 10 heteroatoms. The number of anilines is 1. The van der Waals surface area contributed by atoms with Crippen molar-refractivity contribution in [3.8, 4) is 5.75 Å². The number of rotatable bonds is 8. The molecule has 1 fully saturated rings. The normalized spacial score (nSPS) is 16.6. The topological polar surface area (TPSA) is 92.6 Å². The summed E-state index contributed by atoms with van der Waals surface area (Å²) in [4.78, 5) is 28.0. The monoisotopic (exact) mass is 561 g/mol. The van der Waals surface area contributed by atoms with Gasteiger partial charge in [-0.3, -0.25) is 14.5 Å². The molecule has 5 rings (SSSR count). The summed E-state index contributed by atoms with van der Waals surface area (Å²) in [6.45, 7) is 4.28. The molecule has 1 atom stereocenters. The first kappa shape index (κ1) is 26.6. The zero-order valence-electron chi connectivity index (χ0n) is 21.1. The van der Waals surface area contributed by atoms with Gasteiger partial charge in [-0.1, -0.05) is 83.3 Å². The predicted octanol–water partition coefficient (Wildman–Crippen LogP) is 6.30. The molecule has 1 N–H and O–H groups in total. The Hall–Kier alpha value is -4.02. The highest BCUT2D eigenvalue weighted by atomic mass is 32.2. The van der Waals surface area contributed by atoms with Crippen LogP contribution in [-0.2, 0) is 15.3 Å². The molecule has 1 amide bonds. The Labute approximate surface area is 233 Å². The number of aromatic nitrogens is 2. The van der Waals surface area contributed by atoms with Crippen molar-refractivity contribution in [2.45, 2.75) is 30.0 Å². The minimum absolute atomic E-state index is 0.0382. The second-order valence-corrected chi connectivity index (χ2v) is 10.9. The summed E-state index contributed by atoms with van der Waals surface area (Å²) < 4.78 is 20.1. The Balaban J connectivity index is 1.54. The van der Waals surface area contributed by atoms with Gasteiger partial charge in [0, 0.05) is 11.3 Å². The number of thioether (sulfide) groups is 1. The second kappa shape index (κ2) is 11.4. The van der Waals surface area contributed by atoms with E-state index >= 15 is 0 Å². The molecule has 3 aromatic carbocycles. The Morgan fingerprint density at radius 1 is 1.05 bits per heavy atom. The van der Waals surface area contributed by atoms with Gasteiger partial charge in [0.2, 0.25) is 5.13 Å². The molecule has 0 aliphatic carbocycles. The number of benzene rings is 3. The maximum atomic E-state index is 14.1. The van der Waals surface area contributed by atoms with Gasteiger partial charge in [-0.15, -0.1) is 10.2 Å². The summed E-state index contributed by atoms with van der Waals surface area (Å²) in [6.07, 6.45) is 0. The van der Waals surface area contributed by atoms with E-state index in [4.69, 9.17) is 4.74 Å². The van der Waals surface area contributed by atoms with Crippen LogP contribution in [0.2, 0.25) is 0 Å². The standard InChI is InChI=1S/C29H24FN3O4S2/c1-3-37-21-14-12-18(13-15-21)24-23(25(34)19-10-8-17(2)9-11-19)26(35)27(36)33(24)28-31-32-29(39-28)38-16-20-6-4-5-7-22(20)30/h4-15,24,34H,3,16H2,1-2H3/b25-23-. The summed E-state index contributed by atoms with van der Waals surface area (Å²) >= 11 is 2.41. The molecular weight excluding hydrogens is 537 g/mol. The molecule has 0 radical (unpaired) electrons. The molecule has 0 saturated carbocycles. The van der Waals surface area contributed by atoms with Gasteiger partial charge < -0.3 is 9.84 Å². The number of ether oxygens (including phenoxy) is 1. The highest BCUT2D eigenvalue weighted by molar-refractivity contribution is 8.00. The molecule has 39 heavy (non-hydrogen) atoms. The highest BCUT2D eigenvalue weighted by Crippen LogP contribution is 2.44. The van der Waals surface area contributed by atoms with Crippen molar-refractivity contribution in [1.82, 2.24) is 10.2 Å². The summed E-state index contributed by atoms with van der Waals surface area (Å²) in [5, 5.41) is 19.8. The smallest absolute Gasteiger partial charge is 0.301 e. The first-order chi connectivity index (χ1) is 18.9. The third-order valence-corrected chi connectivity index (χ3v) is 8.29. The van der Waals surface area contributed by atoms with Crippen LogP contribution in [0, 0.1) is 12.7 Å². The maximum Gasteiger partial charge on any atom is 0.301 e. The Bertz CT molecular complexity index is 1550. The number of aliphatic hydroxyl groups excluding tert-OH is 1. The van der Waals surface area contributed by atoms with Crippen molar-refractivity contribution in [1.29, 1.82) is 0 Å². The summed E-state index contributed by atoms with van der Waals surface area (Å²) in [5.41, 5.74) is 2.50. The van der Waals surface area contributed by atoms with Crippen LogP contribution in [0.25, 0.3) is 5.76 Å². The molecule has 1 aliphatic heterocycles. The van der Waals surface area contributed by atoms with E-state index in [1.54, 1.807) is 54.6 Å². The van der Waals surface area contributed by atoms with E-state index in [2.05, 4.69) is 10.2 Å². The van der Waals surface area contributed by atoms with E-state index in [1.165, 1.54) is 22.7 Å². The number of amides is 1. The molecule has 0 spiro atoms. The Kier molecular flexibility index (Phi) is 7.76. The zero-order valence-corrected chi connectivity index (χ0v) is 22.8. The molecule has 7 nitrogen and oxygen atoms in total. The second-order valence-electron chi connectivity index (χ2n) is 8.77. The lowest BCUT2D eigenvalue weighted by Crippen LogP contribution is -2.29. The fraction of sp³-hybridized carbons (Fsp3) is 0.172. The Morgan fingerprint density at radius 2 is 1.77 bits per heavy atom. The van der Waals surface area contributed by atoms with E-state index in [-0.39, 0.29) is 22.3 Å².